The largest absolute Gasteiger partial charge is 0.728 e. The topological polar surface area (TPSA) is 391 Å². The Morgan fingerprint density at radius 3 is 2.44 bits per heavy atom. The summed E-state index contributed by atoms with van der Waals surface area (Å²) in [6.45, 7) is 1.80. The van der Waals surface area contributed by atoms with Gasteiger partial charge in [-0.25, -0.2) is 37.5 Å². The lowest BCUT2D eigenvalue weighted by Crippen LogP contribution is -2.47. The number of nitrogen functional groups attached to an aromatic ring is 2. The highest BCUT2D eigenvalue weighted by Crippen LogP contribution is 2.40. The van der Waals surface area contributed by atoms with Gasteiger partial charge in [0.25, 0.3) is 0 Å². The number of amides is 1. The summed E-state index contributed by atoms with van der Waals surface area (Å²) in [5.74, 6) is -2.52. The van der Waals surface area contributed by atoms with E-state index in [9.17, 15) is 51.9 Å². The molecular weight excluding hydrogens is 856 g/mol. The summed E-state index contributed by atoms with van der Waals surface area (Å²) in [5, 5.41) is 24.9. The number of allylic oxidation sites excluding steroid dienone is 1. The molecule has 10 atom stereocenters. The van der Waals surface area contributed by atoms with Gasteiger partial charge in [-0.2, -0.15) is 9.87 Å². The van der Waals surface area contributed by atoms with Crippen LogP contribution in [-0.4, -0.2) is 137 Å². The van der Waals surface area contributed by atoms with Gasteiger partial charge in [-0.3, -0.25) is 18.5 Å². The number of aliphatic hydroxyl groups is 2. The number of sulfone groups is 1. The van der Waals surface area contributed by atoms with E-state index >= 15 is 0 Å². The zero-order valence-electron chi connectivity index (χ0n) is 30.7. The van der Waals surface area contributed by atoms with Gasteiger partial charge in [0.15, 0.2) is 36.1 Å². The van der Waals surface area contributed by atoms with Crippen LogP contribution in [0.25, 0.3) is 11.2 Å². The number of anilines is 2. The van der Waals surface area contributed by atoms with E-state index in [-0.39, 0.29) is 35.6 Å². The molecule has 1 amide bonds. The van der Waals surface area contributed by atoms with Gasteiger partial charge < -0.3 is 51.0 Å². The van der Waals surface area contributed by atoms with Gasteiger partial charge >= 0.3 is 27.7 Å². The van der Waals surface area contributed by atoms with Gasteiger partial charge in [-0.05, 0) is 18.9 Å². The molecule has 59 heavy (non-hydrogen) atoms. The van der Waals surface area contributed by atoms with Crippen LogP contribution in [-0.2, 0) is 61.4 Å². The van der Waals surface area contributed by atoms with E-state index in [0.717, 1.165) is 23.3 Å². The van der Waals surface area contributed by atoms with Gasteiger partial charge in [0.1, 0.15) is 64.6 Å². The fourth-order valence-corrected chi connectivity index (χ4v) is 7.30. The molecule has 9 N–H and O–H groups in total. The molecule has 0 bridgehead atoms. The first-order valence-corrected chi connectivity index (χ1v) is 21.8. The third-order valence-corrected chi connectivity index (χ3v) is 10.6. The number of rotatable bonds is 20. The van der Waals surface area contributed by atoms with Crippen LogP contribution >= 0.6 is 16.1 Å². The summed E-state index contributed by atoms with van der Waals surface area (Å²) in [4.78, 5) is 77.7. The fourth-order valence-electron chi connectivity index (χ4n) is 5.82. The van der Waals surface area contributed by atoms with Crippen LogP contribution in [0.2, 0.25) is 0 Å². The smallest absolute Gasteiger partial charge is 0.455 e. The van der Waals surface area contributed by atoms with Crippen LogP contribution in [0.15, 0.2) is 42.4 Å². The predicted molar refractivity (Wildman–Crippen MR) is 196 cm³/mol. The van der Waals surface area contributed by atoms with Gasteiger partial charge in [-0.1, -0.05) is 6.08 Å². The van der Waals surface area contributed by atoms with E-state index in [0.29, 0.717) is 0 Å². The number of nitrogens with two attached hydrogens (primary N) is 2. The van der Waals surface area contributed by atoms with Crippen LogP contribution in [0.1, 0.15) is 31.7 Å². The van der Waals surface area contributed by atoms with Crippen molar-refractivity contribution in [2.45, 2.75) is 74.4 Å². The molecule has 324 valence electrons. The Morgan fingerprint density at radius 2 is 1.78 bits per heavy atom. The van der Waals surface area contributed by atoms with Crippen molar-refractivity contribution in [1.82, 2.24) is 34.4 Å². The molecule has 2 fully saturated rings. The molecule has 2 unspecified atom stereocenters. The maximum atomic E-state index is 13.6. The second-order valence-electron chi connectivity index (χ2n) is 12.9. The lowest BCUT2D eigenvalue weighted by molar-refractivity contribution is -0.272. The molecule has 5 rings (SSSR count). The average molecular weight is 897 g/mol. The molecule has 2 aliphatic rings. The normalized spacial score (nSPS) is 25.5. The molecule has 3 aromatic heterocycles. The van der Waals surface area contributed by atoms with Crippen molar-refractivity contribution in [3.8, 4) is 0 Å². The molecule has 0 aliphatic carbocycles. The number of fused-ring (bicyclic) bond motifs is 1. The van der Waals surface area contributed by atoms with Crippen LogP contribution < -0.4 is 22.5 Å². The summed E-state index contributed by atoms with van der Waals surface area (Å²) in [5.41, 5.74) is 10.6. The number of nitrogens with one attached hydrogen (secondary N) is 1. The van der Waals surface area contributed by atoms with Crippen LogP contribution in [0, 0.1) is 0 Å². The van der Waals surface area contributed by atoms with Crippen molar-refractivity contribution in [3.05, 3.63) is 48.1 Å². The molecular formula is C29H40N9O18P2S+. The lowest BCUT2D eigenvalue weighted by atomic mass is 10.1. The average Bonchev–Trinajstić information content (AvgIpc) is 3.82. The number of nitrogens with zero attached hydrogens (tertiary/aromatic N) is 6. The molecule has 27 nitrogen and oxygen atoms in total. The van der Waals surface area contributed by atoms with Crippen LogP contribution in [0.5, 0.6) is 0 Å². The number of phosphoric ester groups is 1. The first kappa shape index (κ1) is 45.7. The van der Waals surface area contributed by atoms with E-state index in [1.54, 1.807) is 0 Å². The van der Waals surface area contributed by atoms with E-state index in [4.69, 9.17) is 39.8 Å². The minimum Gasteiger partial charge on any atom is -0.455 e. The minimum atomic E-state index is -5.10. The van der Waals surface area contributed by atoms with Crippen molar-refractivity contribution in [1.29, 1.82) is 0 Å². The summed E-state index contributed by atoms with van der Waals surface area (Å²) in [7, 11) is -12.1. The van der Waals surface area contributed by atoms with Gasteiger partial charge in [-0.15, -0.1) is 11.1 Å². The van der Waals surface area contributed by atoms with Crippen molar-refractivity contribution >= 4 is 60.6 Å². The number of hydrogen-bond acceptors (Lipinski definition) is 22. The Kier molecular flexibility index (Phi) is 15.0. The lowest BCUT2D eigenvalue weighted by Gasteiger charge is -2.24. The molecule has 2 saturated heterocycles. The monoisotopic (exact) mass is 896 g/mol. The van der Waals surface area contributed by atoms with Crippen molar-refractivity contribution in [3.63, 3.8) is 0 Å². The maximum absolute atomic E-state index is 13.6. The number of phosphoric acid groups is 1. The highest BCUT2D eigenvalue weighted by atomic mass is 32.2. The Hall–Kier alpha value is -4.41. The summed E-state index contributed by atoms with van der Waals surface area (Å²) < 4.78 is 82.0. The third-order valence-electron chi connectivity index (χ3n) is 8.60. The zero-order valence-corrected chi connectivity index (χ0v) is 33.3. The Morgan fingerprint density at radius 1 is 1.10 bits per heavy atom. The van der Waals surface area contributed by atoms with E-state index in [2.05, 4.69) is 36.4 Å². The zero-order chi connectivity index (χ0) is 43.2. The molecule has 3 aromatic rings. The Bertz CT molecular complexity index is 2240. The highest BCUT2D eigenvalue weighted by molar-refractivity contribution is 7.90. The quantitative estimate of drug-likeness (QED) is 0.0205. The molecule has 30 heteroatoms. The standard InChI is InChI=1S/C29H39N9O18P2S/c1-3-4-5-18(39)35-14(7-9-59(2,48)49)28(42)54-22-15(52-27(20(22)40)38-13-34-19-24(31)32-12-33-25(19)38)10-50-57(44)56-55-23-16(11-51-58(45,46)47)53-26(21(23)41)37-8-6-17(30)36-29(37)43/h3,6,8,12-16,20-23,26-27,40-41H,1,4-5,7,9-11H2,2H3,(H6-,30,31,32,33,35,36,39,43,45,46,47)/p+1/t14?,15-,16+,20+,21+,22+,23+,26+,27+/m0/s1. The highest BCUT2D eigenvalue weighted by Gasteiger charge is 2.52. The van der Waals surface area contributed by atoms with Gasteiger partial charge in [0.2, 0.25) is 5.91 Å². The Balaban J connectivity index is 1.33. The number of aliphatic hydroxyl groups excluding tert-OH is 2. The number of esters is 1. The SMILES string of the molecule is C=CCCC(=O)NC(CCS(C)(=O)=O)C(=O)O[C@H]1[C@@H](O)[C@H](n2cnc3c(N)ncnc32)O[C@H]1CO[P+](=O)OO[C@H]1[C@@H](O)[C@H](n2ccc(N)nc2=O)O[C@@H]1COP(=O)(O)O. The van der Waals surface area contributed by atoms with Gasteiger partial charge in [0, 0.05) is 23.4 Å². The maximum Gasteiger partial charge on any atom is 0.728 e. The first-order valence-electron chi connectivity index (χ1n) is 17.1. The molecule has 0 aromatic carbocycles. The minimum absolute atomic E-state index is 0.0176. The van der Waals surface area contributed by atoms with Crippen molar-refractivity contribution < 1.29 is 80.0 Å². The van der Waals surface area contributed by atoms with Crippen molar-refractivity contribution in [2.24, 2.45) is 0 Å². The summed E-state index contributed by atoms with van der Waals surface area (Å²) >= 11 is 0. The number of ether oxygens (including phenoxy) is 3. The van der Waals surface area contributed by atoms with Crippen LogP contribution in [0.4, 0.5) is 11.6 Å². The number of carbonyl (C=O) groups excluding carboxylic acids is 2. The predicted octanol–water partition coefficient (Wildman–Crippen LogP) is -2.34. The first-order chi connectivity index (χ1) is 27.8. The number of aromatic nitrogens is 6. The van der Waals surface area contributed by atoms with Crippen LogP contribution in [0.3, 0.4) is 0 Å². The molecule has 0 saturated carbocycles. The second kappa shape index (κ2) is 19.3. The summed E-state index contributed by atoms with van der Waals surface area (Å²) in [6.07, 6.45) is -7.57. The van der Waals surface area contributed by atoms with E-state index in [1.807, 2.05) is 0 Å². The van der Waals surface area contributed by atoms with Gasteiger partial charge in [0.05, 0.1) is 23.4 Å². The number of carbonyl (C=O) groups is 2. The molecule has 0 radical (unpaired) electrons. The number of hydrogen-bond donors (Lipinski definition) is 7. The van der Waals surface area contributed by atoms with E-state index in [1.165, 1.54) is 23.0 Å². The van der Waals surface area contributed by atoms with Crippen molar-refractivity contribution in [2.75, 3.05) is 36.7 Å². The molecule has 5 heterocycles. The number of imidazole rings is 1. The second-order valence-corrected chi connectivity index (χ2v) is 17.3. The Labute approximate surface area is 333 Å². The fraction of sp³-hybridized carbons (Fsp3) is 0.552. The third kappa shape index (κ3) is 11.9. The molecule has 0 spiro atoms. The van der Waals surface area contributed by atoms with E-state index < -0.39 is 124 Å². The summed E-state index contributed by atoms with van der Waals surface area (Å²) in [6, 6.07) is -0.323. The molecule has 2 aliphatic heterocycles.